The summed E-state index contributed by atoms with van der Waals surface area (Å²) in [5, 5.41) is 0. The van der Waals surface area contributed by atoms with E-state index in [0.29, 0.717) is 0 Å². The first-order chi connectivity index (χ1) is 7.86. The molecule has 0 aromatic rings. The van der Waals surface area contributed by atoms with Gasteiger partial charge in [0.25, 0.3) is 0 Å². The van der Waals surface area contributed by atoms with E-state index in [4.69, 9.17) is 16.3 Å². The van der Waals surface area contributed by atoms with Crippen molar-refractivity contribution in [1.29, 1.82) is 0 Å². The van der Waals surface area contributed by atoms with Crippen LogP contribution in [0, 0.1) is 5.41 Å². The van der Waals surface area contributed by atoms with Crippen LogP contribution in [-0.2, 0) is 9.53 Å². The van der Waals surface area contributed by atoms with E-state index in [9.17, 15) is 4.79 Å². The average molecular weight is 259 g/mol. The Morgan fingerprint density at radius 3 is 2.71 bits per heavy atom. The monoisotopic (exact) mass is 258 g/mol. The second kappa shape index (κ2) is 5.54. The van der Waals surface area contributed by atoms with E-state index >= 15 is 0 Å². The highest BCUT2D eigenvalue weighted by molar-refractivity contribution is 6.18. The lowest BCUT2D eigenvalue weighted by molar-refractivity contribution is -0.155. The third-order valence-corrected chi connectivity index (χ3v) is 2.66. The van der Waals surface area contributed by atoms with Gasteiger partial charge >= 0.3 is 5.97 Å². The molecule has 1 rings (SSSR count). The predicted octanol–water partition coefficient (Wildman–Crippen LogP) is 2.39. The standard InChI is InChI=1S/C12H19ClN2O2/c1-9(16)17-10(8-13)15-7-5-6-14-11(15)12(2,3)4/h5-7,10-11H,8H2,1-4H3. The lowest BCUT2D eigenvalue weighted by Gasteiger charge is -2.41. The molecular weight excluding hydrogens is 240 g/mol. The Labute approximate surface area is 107 Å². The van der Waals surface area contributed by atoms with E-state index in [1.807, 2.05) is 17.2 Å². The normalized spacial score (nSPS) is 21.5. The number of hydrogen-bond donors (Lipinski definition) is 0. The second-order valence-corrected chi connectivity index (χ2v) is 5.35. The molecule has 0 aromatic carbocycles. The van der Waals surface area contributed by atoms with Crippen LogP contribution in [0.1, 0.15) is 27.7 Å². The van der Waals surface area contributed by atoms with Gasteiger partial charge in [0.15, 0.2) is 6.23 Å². The maximum atomic E-state index is 11.0. The fourth-order valence-electron chi connectivity index (χ4n) is 1.72. The highest BCUT2D eigenvalue weighted by atomic mass is 35.5. The van der Waals surface area contributed by atoms with Crippen LogP contribution in [0.25, 0.3) is 0 Å². The van der Waals surface area contributed by atoms with Crippen molar-refractivity contribution in [2.45, 2.75) is 40.1 Å². The van der Waals surface area contributed by atoms with Crippen molar-refractivity contribution in [3.63, 3.8) is 0 Å². The molecule has 4 nitrogen and oxygen atoms in total. The van der Waals surface area contributed by atoms with Crippen molar-refractivity contribution in [2.75, 3.05) is 5.88 Å². The number of aliphatic imine (C=N–C) groups is 1. The fourth-order valence-corrected chi connectivity index (χ4v) is 1.94. The van der Waals surface area contributed by atoms with Crippen LogP contribution < -0.4 is 0 Å². The molecule has 96 valence electrons. The molecule has 2 unspecified atom stereocenters. The van der Waals surface area contributed by atoms with Gasteiger partial charge in [-0.1, -0.05) is 20.8 Å². The molecular formula is C12H19ClN2O2. The van der Waals surface area contributed by atoms with Gasteiger partial charge in [0, 0.05) is 24.8 Å². The van der Waals surface area contributed by atoms with Crippen LogP contribution in [0.15, 0.2) is 17.3 Å². The number of nitrogens with zero attached hydrogens (tertiary/aromatic N) is 2. The first kappa shape index (κ1) is 14.0. The summed E-state index contributed by atoms with van der Waals surface area (Å²) in [5.74, 6) is -0.127. The maximum absolute atomic E-state index is 11.0. The minimum Gasteiger partial charge on any atom is -0.440 e. The van der Waals surface area contributed by atoms with Gasteiger partial charge in [0.2, 0.25) is 0 Å². The summed E-state index contributed by atoms with van der Waals surface area (Å²) in [4.78, 5) is 17.3. The molecule has 0 spiro atoms. The van der Waals surface area contributed by atoms with Crippen molar-refractivity contribution in [3.05, 3.63) is 12.3 Å². The minimum atomic E-state index is -0.480. The molecule has 17 heavy (non-hydrogen) atoms. The summed E-state index contributed by atoms with van der Waals surface area (Å²) in [6.07, 6.45) is 4.86. The Bertz CT molecular complexity index is 334. The zero-order valence-electron chi connectivity index (χ0n) is 10.7. The molecule has 1 aliphatic rings. The van der Waals surface area contributed by atoms with Crippen molar-refractivity contribution in [3.8, 4) is 0 Å². The topological polar surface area (TPSA) is 41.9 Å². The van der Waals surface area contributed by atoms with E-state index in [1.54, 1.807) is 6.21 Å². The van der Waals surface area contributed by atoms with Crippen molar-refractivity contribution >= 4 is 23.8 Å². The Morgan fingerprint density at radius 2 is 2.24 bits per heavy atom. The molecule has 0 amide bonds. The van der Waals surface area contributed by atoms with E-state index in [1.165, 1.54) is 6.92 Å². The zero-order chi connectivity index (χ0) is 13.1. The summed E-state index contributed by atoms with van der Waals surface area (Å²) < 4.78 is 5.19. The molecule has 0 N–H and O–H groups in total. The van der Waals surface area contributed by atoms with E-state index in [2.05, 4.69) is 25.8 Å². The Hall–Kier alpha value is -1.03. The Kier molecular flexibility index (Phi) is 4.57. The average Bonchev–Trinajstić information content (AvgIpc) is 2.24. The van der Waals surface area contributed by atoms with Crippen LogP contribution >= 0.6 is 11.6 Å². The third kappa shape index (κ3) is 3.73. The van der Waals surface area contributed by atoms with Gasteiger partial charge in [-0.3, -0.25) is 9.79 Å². The number of halogens is 1. The number of ether oxygens (including phenoxy) is 1. The van der Waals surface area contributed by atoms with Crippen molar-refractivity contribution < 1.29 is 9.53 Å². The number of allylic oxidation sites excluding steroid dienone is 1. The number of alkyl halides is 1. The highest BCUT2D eigenvalue weighted by Gasteiger charge is 2.34. The fraction of sp³-hybridized carbons (Fsp3) is 0.667. The summed E-state index contributed by atoms with van der Waals surface area (Å²) in [5.41, 5.74) is -0.0638. The molecule has 0 bridgehead atoms. The molecule has 0 fully saturated rings. The quantitative estimate of drug-likeness (QED) is 0.577. The third-order valence-electron chi connectivity index (χ3n) is 2.40. The predicted molar refractivity (Wildman–Crippen MR) is 69.0 cm³/mol. The number of carbonyl (C=O) groups is 1. The highest BCUT2D eigenvalue weighted by Crippen LogP contribution is 2.29. The molecule has 2 atom stereocenters. The smallest absolute Gasteiger partial charge is 0.304 e. The summed E-state index contributed by atoms with van der Waals surface area (Å²) in [6.45, 7) is 7.63. The molecule has 0 saturated heterocycles. The van der Waals surface area contributed by atoms with Crippen LogP contribution in [0.2, 0.25) is 0 Å². The molecule has 5 heteroatoms. The maximum Gasteiger partial charge on any atom is 0.304 e. The lowest BCUT2D eigenvalue weighted by Crippen LogP contribution is -2.48. The Morgan fingerprint density at radius 1 is 1.59 bits per heavy atom. The summed E-state index contributed by atoms with van der Waals surface area (Å²) >= 11 is 5.86. The van der Waals surface area contributed by atoms with Crippen LogP contribution in [-0.4, -0.2) is 35.4 Å². The van der Waals surface area contributed by atoms with Crippen LogP contribution in [0.5, 0.6) is 0 Å². The van der Waals surface area contributed by atoms with Crippen LogP contribution in [0.4, 0.5) is 0 Å². The van der Waals surface area contributed by atoms with E-state index in [0.717, 1.165) is 0 Å². The molecule has 0 radical (unpaired) electrons. The summed E-state index contributed by atoms with van der Waals surface area (Å²) in [6, 6.07) is 0. The molecule has 0 saturated carbocycles. The van der Waals surface area contributed by atoms with Crippen LogP contribution in [0.3, 0.4) is 0 Å². The van der Waals surface area contributed by atoms with Crippen molar-refractivity contribution in [1.82, 2.24) is 4.90 Å². The molecule has 0 aromatic heterocycles. The minimum absolute atomic E-state index is 0.0638. The van der Waals surface area contributed by atoms with Gasteiger partial charge in [0.05, 0.1) is 5.88 Å². The van der Waals surface area contributed by atoms with E-state index < -0.39 is 6.23 Å². The Balaban J connectivity index is 2.88. The van der Waals surface area contributed by atoms with Crippen molar-refractivity contribution in [2.24, 2.45) is 10.4 Å². The van der Waals surface area contributed by atoms with E-state index in [-0.39, 0.29) is 23.4 Å². The second-order valence-electron chi connectivity index (χ2n) is 5.04. The first-order valence-electron chi connectivity index (χ1n) is 5.57. The lowest BCUT2D eigenvalue weighted by atomic mass is 9.91. The number of rotatable bonds is 3. The zero-order valence-corrected chi connectivity index (χ0v) is 11.4. The SMILES string of the molecule is CC(=O)OC(CCl)N1C=CC=NC1C(C)(C)C. The number of esters is 1. The molecule has 1 aliphatic heterocycles. The number of hydrogen-bond acceptors (Lipinski definition) is 4. The van der Waals surface area contributed by atoms with Gasteiger partial charge in [-0.15, -0.1) is 11.6 Å². The van der Waals surface area contributed by atoms with Gasteiger partial charge < -0.3 is 9.64 Å². The summed E-state index contributed by atoms with van der Waals surface area (Å²) in [7, 11) is 0. The largest absolute Gasteiger partial charge is 0.440 e. The molecule has 0 aliphatic carbocycles. The van der Waals surface area contributed by atoms with Gasteiger partial charge in [-0.05, 0) is 6.08 Å². The first-order valence-corrected chi connectivity index (χ1v) is 6.10. The molecule has 1 heterocycles. The van der Waals surface area contributed by atoms with Gasteiger partial charge in [-0.2, -0.15) is 0 Å². The van der Waals surface area contributed by atoms with Gasteiger partial charge in [0.1, 0.15) is 6.17 Å². The number of carbonyl (C=O) groups excluding carboxylic acids is 1. The van der Waals surface area contributed by atoms with Gasteiger partial charge in [-0.25, -0.2) is 0 Å².